The van der Waals surface area contributed by atoms with Crippen molar-refractivity contribution < 1.29 is 47.6 Å². The van der Waals surface area contributed by atoms with E-state index in [0.717, 1.165) is 38.5 Å². The van der Waals surface area contributed by atoms with Crippen molar-refractivity contribution in [1.82, 2.24) is 0 Å². The Hall–Kier alpha value is 0.870. The zero-order valence-electron chi connectivity index (χ0n) is 10.3. The largest absolute Gasteiger partial charge is 1.00 e. The van der Waals surface area contributed by atoms with Crippen molar-refractivity contribution >= 4 is 10.1 Å². The smallest absolute Gasteiger partial charge is 0.748 e. The molecule has 0 radical (unpaired) electrons. The summed E-state index contributed by atoms with van der Waals surface area (Å²) in [7, 11) is -4.04. The molecule has 92 valence electrons. The molecular weight excluding hydrogens is 239 g/mol. The van der Waals surface area contributed by atoms with Crippen LogP contribution < -0.4 is 29.6 Å². The van der Waals surface area contributed by atoms with Gasteiger partial charge in [0.05, 0.1) is 16.2 Å². The van der Waals surface area contributed by atoms with E-state index in [1.165, 1.54) is 0 Å². The standard InChI is InChI=1S/C10H22O4S.Na/c1-2-7-10(11)8-5-3-4-6-9-15(12,13)14;/h10-11H,2-9H2,1H3,(H,12,13,14);/q;+1/p-1. The molecule has 0 saturated carbocycles. The molecule has 0 heterocycles. The van der Waals surface area contributed by atoms with E-state index in [4.69, 9.17) is 0 Å². The maximum absolute atomic E-state index is 10.3. The molecule has 0 saturated heterocycles. The monoisotopic (exact) mass is 260 g/mol. The summed E-state index contributed by atoms with van der Waals surface area (Å²) in [6.07, 6.45) is 5.34. The second-order valence-corrected chi connectivity index (χ2v) is 5.43. The molecule has 6 heteroatoms. The van der Waals surface area contributed by atoms with Crippen LogP contribution in [0.4, 0.5) is 0 Å². The Morgan fingerprint density at radius 1 is 1.12 bits per heavy atom. The van der Waals surface area contributed by atoms with Crippen LogP contribution in [0.15, 0.2) is 0 Å². The van der Waals surface area contributed by atoms with Crippen molar-refractivity contribution in [2.75, 3.05) is 5.75 Å². The summed E-state index contributed by atoms with van der Waals surface area (Å²) in [5.74, 6) is -0.259. The summed E-state index contributed by atoms with van der Waals surface area (Å²) in [6.45, 7) is 2.03. The molecular formula is C10H21NaO4S. The average Bonchev–Trinajstić information content (AvgIpc) is 2.09. The molecule has 0 aliphatic rings. The maximum atomic E-state index is 10.3. The van der Waals surface area contributed by atoms with Crippen LogP contribution in [-0.2, 0) is 10.1 Å². The Bertz CT molecular complexity index is 241. The van der Waals surface area contributed by atoms with Crippen molar-refractivity contribution in [3.8, 4) is 0 Å². The fraction of sp³-hybridized carbons (Fsp3) is 1.00. The minimum absolute atomic E-state index is 0. The van der Waals surface area contributed by atoms with Crippen molar-refractivity contribution in [2.45, 2.75) is 58.0 Å². The van der Waals surface area contributed by atoms with Gasteiger partial charge < -0.3 is 9.66 Å². The Morgan fingerprint density at radius 2 is 1.69 bits per heavy atom. The molecule has 16 heavy (non-hydrogen) atoms. The summed E-state index contributed by atoms with van der Waals surface area (Å²) < 4.78 is 30.8. The van der Waals surface area contributed by atoms with Crippen LogP contribution in [0.25, 0.3) is 0 Å². The van der Waals surface area contributed by atoms with Gasteiger partial charge in [-0.2, -0.15) is 0 Å². The van der Waals surface area contributed by atoms with Gasteiger partial charge in [0.1, 0.15) is 0 Å². The van der Waals surface area contributed by atoms with Crippen molar-refractivity contribution in [3.63, 3.8) is 0 Å². The van der Waals surface area contributed by atoms with E-state index in [2.05, 4.69) is 0 Å². The van der Waals surface area contributed by atoms with Gasteiger partial charge in [0, 0.05) is 5.75 Å². The first-order valence-corrected chi connectivity index (χ1v) is 7.15. The fourth-order valence-corrected chi connectivity index (χ4v) is 2.05. The summed E-state index contributed by atoms with van der Waals surface area (Å²) in [5, 5.41) is 9.39. The summed E-state index contributed by atoms with van der Waals surface area (Å²) in [5.41, 5.74) is 0. The maximum Gasteiger partial charge on any atom is 1.00 e. The van der Waals surface area contributed by atoms with E-state index in [1.54, 1.807) is 0 Å². The third kappa shape index (κ3) is 14.9. The molecule has 1 N–H and O–H groups in total. The molecule has 1 atom stereocenters. The van der Waals surface area contributed by atoms with Crippen LogP contribution in [0.2, 0.25) is 0 Å². The molecule has 0 fully saturated rings. The summed E-state index contributed by atoms with van der Waals surface area (Å²) in [4.78, 5) is 0. The Labute approximate surface area is 121 Å². The van der Waals surface area contributed by atoms with Crippen LogP contribution in [0.3, 0.4) is 0 Å². The third-order valence-corrected chi connectivity index (χ3v) is 3.09. The Balaban J connectivity index is 0. The average molecular weight is 260 g/mol. The number of hydrogen-bond donors (Lipinski definition) is 1. The normalized spacial score (nSPS) is 13.2. The molecule has 0 amide bonds. The zero-order valence-corrected chi connectivity index (χ0v) is 13.1. The first kappa shape index (κ1) is 19.2. The van der Waals surface area contributed by atoms with Crippen LogP contribution in [-0.4, -0.2) is 29.9 Å². The quantitative estimate of drug-likeness (QED) is 0.316. The first-order chi connectivity index (χ1) is 6.95. The third-order valence-electron chi connectivity index (χ3n) is 2.30. The second-order valence-electron chi connectivity index (χ2n) is 3.91. The van der Waals surface area contributed by atoms with Gasteiger partial charge in [-0.1, -0.05) is 32.6 Å². The molecule has 0 aromatic rings. The minimum Gasteiger partial charge on any atom is -0.748 e. The van der Waals surface area contributed by atoms with E-state index in [1.807, 2.05) is 6.92 Å². The molecule has 0 bridgehead atoms. The van der Waals surface area contributed by atoms with E-state index in [-0.39, 0.29) is 41.4 Å². The van der Waals surface area contributed by atoms with Crippen molar-refractivity contribution in [1.29, 1.82) is 0 Å². The van der Waals surface area contributed by atoms with Gasteiger partial charge in [-0.05, 0) is 19.3 Å². The van der Waals surface area contributed by atoms with E-state index >= 15 is 0 Å². The molecule has 0 aliphatic carbocycles. The van der Waals surface area contributed by atoms with Crippen molar-refractivity contribution in [3.05, 3.63) is 0 Å². The van der Waals surface area contributed by atoms with Crippen LogP contribution >= 0.6 is 0 Å². The molecule has 0 aromatic heterocycles. The topological polar surface area (TPSA) is 77.4 Å². The summed E-state index contributed by atoms with van der Waals surface area (Å²) >= 11 is 0. The fourth-order valence-electron chi connectivity index (χ4n) is 1.49. The van der Waals surface area contributed by atoms with Gasteiger partial charge in [0.2, 0.25) is 0 Å². The predicted molar refractivity (Wildman–Crippen MR) is 58.6 cm³/mol. The van der Waals surface area contributed by atoms with E-state index in [9.17, 15) is 18.1 Å². The first-order valence-electron chi connectivity index (χ1n) is 5.57. The molecule has 1 unspecified atom stereocenters. The van der Waals surface area contributed by atoms with E-state index in [0.29, 0.717) is 6.42 Å². The summed E-state index contributed by atoms with van der Waals surface area (Å²) in [6, 6.07) is 0. The second kappa shape index (κ2) is 11.0. The molecule has 4 nitrogen and oxygen atoms in total. The number of rotatable bonds is 9. The Morgan fingerprint density at radius 3 is 2.19 bits per heavy atom. The number of aliphatic hydroxyl groups excluding tert-OH is 1. The van der Waals surface area contributed by atoms with Gasteiger partial charge >= 0.3 is 29.6 Å². The van der Waals surface area contributed by atoms with Gasteiger partial charge in [0.25, 0.3) is 0 Å². The van der Waals surface area contributed by atoms with Crippen LogP contribution in [0.1, 0.15) is 51.9 Å². The Kier molecular flexibility index (Phi) is 13.2. The molecule has 0 spiro atoms. The van der Waals surface area contributed by atoms with Gasteiger partial charge in [0.15, 0.2) is 0 Å². The van der Waals surface area contributed by atoms with Gasteiger partial charge in [-0.15, -0.1) is 0 Å². The number of hydrogen-bond acceptors (Lipinski definition) is 4. The molecule has 0 rings (SSSR count). The van der Waals surface area contributed by atoms with Crippen LogP contribution in [0, 0.1) is 0 Å². The molecule has 0 aromatic carbocycles. The van der Waals surface area contributed by atoms with Crippen LogP contribution in [0.5, 0.6) is 0 Å². The number of aliphatic hydroxyl groups is 1. The van der Waals surface area contributed by atoms with Gasteiger partial charge in [-0.25, -0.2) is 8.42 Å². The van der Waals surface area contributed by atoms with Gasteiger partial charge in [-0.3, -0.25) is 0 Å². The SMILES string of the molecule is CCCC(O)CCCCCCS(=O)(=O)[O-].[Na+]. The predicted octanol–water partition coefficient (Wildman–Crippen LogP) is -1.35. The van der Waals surface area contributed by atoms with Crippen molar-refractivity contribution in [2.24, 2.45) is 0 Å². The number of unbranched alkanes of at least 4 members (excludes halogenated alkanes) is 3. The molecule has 0 aliphatic heterocycles. The zero-order chi connectivity index (χ0) is 11.7. The minimum atomic E-state index is -4.04. The van der Waals surface area contributed by atoms with E-state index < -0.39 is 10.1 Å².